The predicted molar refractivity (Wildman–Crippen MR) is 89.6 cm³/mol. The van der Waals surface area contributed by atoms with Gasteiger partial charge in [0.15, 0.2) is 0 Å². The van der Waals surface area contributed by atoms with E-state index in [1.54, 1.807) is 4.57 Å². The molecule has 0 aliphatic carbocycles. The van der Waals surface area contributed by atoms with Crippen LogP contribution in [0.25, 0.3) is 0 Å². The van der Waals surface area contributed by atoms with Crippen LogP contribution in [-0.2, 0) is 6.42 Å². The molecule has 0 spiro atoms. The standard InChI is InChI=1S/C17H23N3O2/c1-12(2)20-15(11-16(21)19-17(20)22)18-13(3)9-10-14-7-5-4-6-8-14/h4-8,11-13,18H,9-10H2,1-3H3,(H,19,21,22). The van der Waals surface area contributed by atoms with Gasteiger partial charge in [0.2, 0.25) is 0 Å². The van der Waals surface area contributed by atoms with E-state index < -0.39 is 0 Å². The summed E-state index contributed by atoms with van der Waals surface area (Å²) >= 11 is 0. The van der Waals surface area contributed by atoms with Gasteiger partial charge in [0.05, 0.1) is 0 Å². The Hall–Kier alpha value is -2.30. The SMILES string of the molecule is CC(CCc1ccccc1)Nc1cc(=O)[nH]c(=O)n1C(C)C. The van der Waals surface area contributed by atoms with Gasteiger partial charge < -0.3 is 5.32 Å². The quantitative estimate of drug-likeness (QED) is 0.861. The smallest absolute Gasteiger partial charge is 0.330 e. The van der Waals surface area contributed by atoms with Gasteiger partial charge in [-0.15, -0.1) is 0 Å². The second-order valence-electron chi connectivity index (χ2n) is 5.86. The van der Waals surface area contributed by atoms with Crippen molar-refractivity contribution in [3.05, 3.63) is 62.8 Å². The molecule has 1 aromatic heterocycles. The van der Waals surface area contributed by atoms with Crippen LogP contribution in [0.1, 0.15) is 38.8 Å². The molecule has 0 radical (unpaired) electrons. The number of nitrogens with one attached hydrogen (secondary N) is 2. The third-order valence-corrected chi connectivity index (χ3v) is 3.60. The number of aryl methyl sites for hydroxylation is 1. The van der Waals surface area contributed by atoms with E-state index in [4.69, 9.17) is 0 Å². The van der Waals surface area contributed by atoms with Crippen LogP contribution >= 0.6 is 0 Å². The van der Waals surface area contributed by atoms with E-state index >= 15 is 0 Å². The van der Waals surface area contributed by atoms with Crippen LogP contribution in [0.3, 0.4) is 0 Å². The lowest BCUT2D eigenvalue weighted by Gasteiger charge is -2.20. The summed E-state index contributed by atoms with van der Waals surface area (Å²) in [6, 6.07) is 11.8. The van der Waals surface area contributed by atoms with Crippen molar-refractivity contribution in [1.29, 1.82) is 0 Å². The van der Waals surface area contributed by atoms with Gasteiger partial charge in [0, 0.05) is 18.2 Å². The number of aromatic nitrogens is 2. The maximum Gasteiger partial charge on any atom is 0.330 e. The molecule has 0 aliphatic heterocycles. The van der Waals surface area contributed by atoms with Gasteiger partial charge in [-0.25, -0.2) is 4.79 Å². The second kappa shape index (κ2) is 7.11. The average Bonchev–Trinajstić information content (AvgIpc) is 2.45. The van der Waals surface area contributed by atoms with Crippen molar-refractivity contribution in [2.24, 2.45) is 0 Å². The highest BCUT2D eigenvalue weighted by Gasteiger charge is 2.11. The van der Waals surface area contributed by atoms with E-state index in [1.807, 2.05) is 32.0 Å². The maximum atomic E-state index is 11.9. The minimum Gasteiger partial charge on any atom is -0.369 e. The van der Waals surface area contributed by atoms with Crippen LogP contribution in [-0.4, -0.2) is 15.6 Å². The van der Waals surface area contributed by atoms with Crippen LogP contribution in [0.15, 0.2) is 46.0 Å². The summed E-state index contributed by atoms with van der Waals surface area (Å²) in [5.41, 5.74) is 0.531. The fourth-order valence-electron chi connectivity index (χ4n) is 2.48. The van der Waals surface area contributed by atoms with Crippen molar-refractivity contribution < 1.29 is 0 Å². The second-order valence-corrected chi connectivity index (χ2v) is 5.86. The van der Waals surface area contributed by atoms with E-state index in [1.165, 1.54) is 11.6 Å². The van der Waals surface area contributed by atoms with Crippen LogP contribution < -0.4 is 16.6 Å². The lowest BCUT2D eigenvalue weighted by Crippen LogP contribution is -2.34. The zero-order chi connectivity index (χ0) is 16.1. The first-order valence-corrected chi connectivity index (χ1v) is 7.63. The highest BCUT2D eigenvalue weighted by molar-refractivity contribution is 5.35. The van der Waals surface area contributed by atoms with Crippen molar-refractivity contribution in [2.75, 3.05) is 5.32 Å². The molecule has 1 unspecified atom stereocenters. The molecular formula is C17H23N3O2. The first kappa shape index (κ1) is 16.1. The summed E-state index contributed by atoms with van der Waals surface area (Å²) in [5.74, 6) is 0.573. The third-order valence-electron chi connectivity index (χ3n) is 3.60. The highest BCUT2D eigenvalue weighted by Crippen LogP contribution is 2.13. The van der Waals surface area contributed by atoms with Gasteiger partial charge in [-0.05, 0) is 39.2 Å². The minimum atomic E-state index is -0.375. The number of nitrogens with zero attached hydrogens (tertiary/aromatic N) is 1. The molecule has 0 saturated carbocycles. The van der Waals surface area contributed by atoms with Crippen LogP contribution in [0.5, 0.6) is 0 Å². The Bertz CT molecular complexity index is 717. The van der Waals surface area contributed by atoms with Crippen molar-refractivity contribution in [1.82, 2.24) is 9.55 Å². The number of aromatic amines is 1. The maximum absolute atomic E-state index is 11.9. The summed E-state index contributed by atoms with van der Waals surface area (Å²) in [6.45, 7) is 5.89. The molecule has 22 heavy (non-hydrogen) atoms. The number of hydrogen-bond acceptors (Lipinski definition) is 3. The zero-order valence-electron chi connectivity index (χ0n) is 13.3. The minimum absolute atomic E-state index is 0.0202. The Morgan fingerprint density at radius 3 is 2.45 bits per heavy atom. The summed E-state index contributed by atoms with van der Waals surface area (Å²) < 4.78 is 1.57. The number of hydrogen-bond donors (Lipinski definition) is 2. The Morgan fingerprint density at radius 1 is 1.14 bits per heavy atom. The Kier molecular flexibility index (Phi) is 5.20. The molecule has 0 bridgehead atoms. The van der Waals surface area contributed by atoms with Gasteiger partial charge in [-0.1, -0.05) is 30.3 Å². The lowest BCUT2D eigenvalue weighted by atomic mass is 10.1. The van der Waals surface area contributed by atoms with Gasteiger partial charge >= 0.3 is 5.69 Å². The third kappa shape index (κ3) is 4.10. The van der Waals surface area contributed by atoms with Gasteiger partial charge in [-0.3, -0.25) is 14.3 Å². The van der Waals surface area contributed by atoms with E-state index in [2.05, 4.69) is 29.4 Å². The highest BCUT2D eigenvalue weighted by atomic mass is 16.2. The molecule has 0 aliphatic rings. The molecule has 2 aromatic rings. The summed E-state index contributed by atoms with van der Waals surface area (Å²) in [5, 5.41) is 3.29. The first-order chi connectivity index (χ1) is 10.5. The van der Waals surface area contributed by atoms with Crippen LogP contribution in [0, 0.1) is 0 Å². The van der Waals surface area contributed by atoms with Crippen molar-refractivity contribution in [2.45, 2.75) is 45.7 Å². The average molecular weight is 301 g/mol. The summed E-state index contributed by atoms with van der Waals surface area (Å²) in [7, 11) is 0. The van der Waals surface area contributed by atoms with Gasteiger partial charge in [0.1, 0.15) is 5.82 Å². The van der Waals surface area contributed by atoms with Crippen molar-refractivity contribution in [3.8, 4) is 0 Å². The van der Waals surface area contributed by atoms with Gasteiger partial charge in [-0.2, -0.15) is 0 Å². The molecule has 1 aromatic carbocycles. The molecule has 0 amide bonds. The molecule has 0 fully saturated rings. The van der Waals surface area contributed by atoms with Crippen molar-refractivity contribution >= 4 is 5.82 Å². The molecule has 5 nitrogen and oxygen atoms in total. The molecule has 0 saturated heterocycles. The first-order valence-electron chi connectivity index (χ1n) is 7.63. The largest absolute Gasteiger partial charge is 0.369 e. The molecule has 1 heterocycles. The Labute approximate surface area is 130 Å². The number of benzene rings is 1. The Morgan fingerprint density at radius 2 is 1.82 bits per heavy atom. The molecule has 2 N–H and O–H groups in total. The van der Waals surface area contributed by atoms with E-state index in [0.717, 1.165) is 12.8 Å². The molecular weight excluding hydrogens is 278 g/mol. The van der Waals surface area contributed by atoms with Crippen LogP contribution in [0.4, 0.5) is 5.82 Å². The van der Waals surface area contributed by atoms with E-state index in [-0.39, 0.29) is 23.3 Å². The topological polar surface area (TPSA) is 66.9 Å². The Balaban J connectivity index is 2.10. The molecule has 118 valence electrons. The van der Waals surface area contributed by atoms with Crippen LogP contribution in [0.2, 0.25) is 0 Å². The fourth-order valence-corrected chi connectivity index (χ4v) is 2.48. The fraction of sp³-hybridized carbons (Fsp3) is 0.412. The number of rotatable bonds is 6. The normalized spacial score (nSPS) is 12.4. The van der Waals surface area contributed by atoms with E-state index in [0.29, 0.717) is 5.82 Å². The molecule has 1 atom stereocenters. The number of H-pyrrole nitrogens is 1. The monoisotopic (exact) mass is 301 g/mol. The summed E-state index contributed by atoms with van der Waals surface area (Å²) in [6.07, 6.45) is 1.87. The summed E-state index contributed by atoms with van der Waals surface area (Å²) in [4.78, 5) is 25.8. The molecule has 2 rings (SSSR count). The number of anilines is 1. The predicted octanol–water partition coefficient (Wildman–Crippen LogP) is 2.55. The van der Waals surface area contributed by atoms with Crippen molar-refractivity contribution in [3.63, 3.8) is 0 Å². The zero-order valence-corrected chi connectivity index (χ0v) is 13.3. The van der Waals surface area contributed by atoms with E-state index in [9.17, 15) is 9.59 Å². The van der Waals surface area contributed by atoms with Gasteiger partial charge in [0.25, 0.3) is 5.56 Å². The lowest BCUT2D eigenvalue weighted by molar-refractivity contribution is 0.559. The molecule has 5 heteroatoms.